The van der Waals surface area contributed by atoms with Crippen LogP contribution in [0.5, 0.6) is 0 Å². The van der Waals surface area contributed by atoms with Crippen LogP contribution in [0.2, 0.25) is 0 Å². The number of nitrogens with zero attached hydrogens (tertiary/aromatic N) is 3. The Labute approximate surface area is 128 Å². The summed E-state index contributed by atoms with van der Waals surface area (Å²) in [6, 6.07) is 10.3. The molecule has 0 amide bonds. The molecule has 2 aromatic heterocycles. The zero-order valence-corrected chi connectivity index (χ0v) is 12.3. The van der Waals surface area contributed by atoms with E-state index in [0.29, 0.717) is 11.7 Å². The smallest absolute Gasteiger partial charge is 0.230 e. The third kappa shape index (κ3) is 2.37. The molecule has 4 rings (SSSR count). The van der Waals surface area contributed by atoms with Crippen LogP contribution in [0.3, 0.4) is 0 Å². The van der Waals surface area contributed by atoms with Crippen LogP contribution in [0, 0.1) is 0 Å². The fourth-order valence-electron chi connectivity index (χ4n) is 3.25. The lowest BCUT2D eigenvalue weighted by atomic mass is 9.86. The first kappa shape index (κ1) is 13.4. The summed E-state index contributed by atoms with van der Waals surface area (Å²) >= 11 is 0. The minimum absolute atomic E-state index is 0.241. The van der Waals surface area contributed by atoms with Crippen LogP contribution < -0.4 is 5.73 Å². The Bertz CT molecular complexity index is 793. The molecule has 112 valence electrons. The molecule has 0 saturated heterocycles. The Morgan fingerprint density at radius 2 is 2.05 bits per heavy atom. The number of rotatable bonds is 2. The largest absolute Gasteiger partial charge is 0.339 e. The lowest BCUT2D eigenvalue weighted by Crippen LogP contribution is -2.26. The van der Waals surface area contributed by atoms with Gasteiger partial charge in [-0.15, -0.1) is 0 Å². The molecule has 3 aromatic rings. The molecule has 0 aliphatic heterocycles. The van der Waals surface area contributed by atoms with Crippen LogP contribution in [0.25, 0.3) is 22.3 Å². The average molecular weight is 294 g/mol. The topological polar surface area (TPSA) is 77.8 Å². The Hall–Kier alpha value is -2.27. The molecule has 2 N–H and O–H groups in total. The van der Waals surface area contributed by atoms with Gasteiger partial charge in [0.25, 0.3) is 0 Å². The Morgan fingerprint density at radius 3 is 2.95 bits per heavy atom. The molecule has 0 spiro atoms. The van der Waals surface area contributed by atoms with Crippen molar-refractivity contribution < 1.29 is 4.52 Å². The van der Waals surface area contributed by atoms with Crippen molar-refractivity contribution >= 4 is 10.8 Å². The SMILES string of the molecule is NC1CCCC(c2nc(-c3nccc4ccccc34)no2)C1. The molecule has 0 radical (unpaired) electrons. The van der Waals surface area contributed by atoms with Crippen LogP contribution in [0.1, 0.15) is 37.5 Å². The quantitative estimate of drug-likeness (QED) is 0.784. The molecule has 1 aliphatic rings. The molecule has 1 fully saturated rings. The summed E-state index contributed by atoms with van der Waals surface area (Å²) in [4.78, 5) is 9.03. The van der Waals surface area contributed by atoms with E-state index in [2.05, 4.69) is 21.2 Å². The van der Waals surface area contributed by atoms with Crippen molar-refractivity contribution in [3.63, 3.8) is 0 Å². The van der Waals surface area contributed by atoms with Crippen molar-refractivity contribution in [2.45, 2.75) is 37.6 Å². The second-order valence-corrected chi connectivity index (χ2v) is 5.96. The molecule has 2 unspecified atom stereocenters. The first-order valence-corrected chi connectivity index (χ1v) is 7.74. The van der Waals surface area contributed by atoms with Crippen molar-refractivity contribution in [3.8, 4) is 11.5 Å². The van der Waals surface area contributed by atoms with E-state index < -0.39 is 0 Å². The van der Waals surface area contributed by atoms with Crippen LogP contribution in [-0.2, 0) is 0 Å². The standard InChI is InChI=1S/C17H18N4O/c18-13-6-3-5-12(10-13)17-20-16(21-22-17)15-14-7-2-1-4-11(14)8-9-19-15/h1-2,4,7-9,12-13H,3,5-6,10,18H2. The number of hydrogen-bond donors (Lipinski definition) is 1. The van der Waals surface area contributed by atoms with E-state index in [0.717, 1.165) is 42.1 Å². The maximum Gasteiger partial charge on any atom is 0.230 e. The van der Waals surface area contributed by atoms with Gasteiger partial charge in [0.15, 0.2) is 0 Å². The van der Waals surface area contributed by atoms with Gasteiger partial charge < -0.3 is 10.3 Å². The summed E-state index contributed by atoms with van der Waals surface area (Å²) in [6.45, 7) is 0. The van der Waals surface area contributed by atoms with Gasteiger partial charge in [-0.3, -0.25) is 4.98 Å². The molecule has 2 heterocycles. The first-order chi connectivity index (χ1) is 10.8. The lowest BCUT2D eigenvalue weighted by Gasteiger charge is -2.23. The predicted molar refractivity (Wildman–Crippen MR) is 84.2 cm³/mol. The highest BCUT2D eigenvalue weighted by Crippen LogP contribution is 2.32. The summed E-state index contributed by atoms with van der Waals surface area (Å²) in [6.07, 6.45) is 5.98. The highest BCUT2D eigenvalue weighted by Gasteiger charge is 2.26. The minimum atomic E-state index is 0.241. The molecular formula is C17H18N4O. The van der Waals surface area contributed by atoms with Crippen LogP contribution in [-0.4, -0.2) is 21.2 Å². The molecule has 5 heteroatoms. The van der Waals surface area contributed by atoms with Gasteiger partial charge >= 0.3 is 0 Å². The van der Waals surface area contributed by atoms with Crippen molar-refractivity contribution in [3.05, 3.63) is 42.4 Å². The van der Waals surface area contributed by atoms with E-state index in [1.807, 2.05) is 24.3 Å². The normalized spacial score (nSPS) is 22.0. The zero-order chi connectivity index (χ0) is 14.9. The third-order valence-corrected chi connectivity index (χ3v) is 4.39. The van der Waals surface area contributed by atoms with E-state index in [-0.39, 0.29) is 12.0 Å². The molecule has 5 nitrogen and oxygen atoms in total. The van der Waals surface area contributed by atoms with Crippen LogP contribution >= 0.6 is 0 Å². The lowest BCUT2D eigenvalue weighted by molar-refractivity contribution is 0.299. The molecular weight excluding hydrogens is 276 g/mol. The molecule has 22 heavy (non-hydrogen) atoms. The maximum absolute atomic E-state index is 6.05. The molecule has 1 aromatic carbocycles. The highest BCUT2D eigenvalue weighted by molar-refractivity contribution is 5.92. The Kier molecular flexibility index (Phi) is 3.35. The number of aromatic nitrogens is 3. The second kappa shape index (κ2) is 5.50. The summed E-state index contributed by atoms with van der Waals surface area (Å²) < 4.78 is 5.50. The zero-order valence-electron chi connectivity index (χ0n) is 12.3. The number of fused-ring (bicyclic) bond motifs is 1. The highest BCUT2D eigenvalue weighted by atomic mass is 16.5. The van der Waals surface area contributed by atoms with E-state index >= 15 is 0 Å². The van der Waals surface area contributed by atoms with Crippen LogP contribution in [0.15, 0.2) is 41.1 Å². The van der Waals surface area contributed by atoms with Gasteiger partial charge in [0.05, 0.1) is 0 Å². The van der Waals surface area contributed by atoms with E-state index in [4.69, 9.17) is 10.3 Å². The van der Waals surface area contributed by atoms with Gasteiger partial charge in [0, 0.05) is 23.5 Å². The maximum atomic E-state index is 6.05. The summed E-state index contributed by atoms with van der Waals surface area (Å²) in [5.41, 5.74) is 6.82. The van der Waals surface area contributed by atoms with Gasteiger partial charge in [0.1, 0.15) is 5.69 Å². The van der Waals surface area contributed by atoms with E-state index in [9.17, 15) is 0 Å². The average Bonchev–Trinajstić information content (AvgIpc) is 3.04. The number of benzene rings is 1. The number of pyridine rings is 1. The third-order valence-electron chi connectivity index (χ3n) is 4.39. The molecule has 0 bridgehead atoms. The van der Waals surface area contributed by atoms with Gasteiger partial charge in [-0.2, -0.15) is 4.98 Å². The fourth-order valence-corrected chi connectivity index (χ4v) is 3.25. The Balaban J connectivity index is 1.71. The summed E-state index contributed by atoms with van der Waals surface area (Å²) in [7, 11) is 0. The van der Waals surface area contributed by atoms with E-state index in [1.54, 1.807) is 6.20 Å². The minimum Gasteiger partial charge on any atom is -0.339 e. The van der Waals surface area contributed by atoms with E-state index in [1.165, 1.54) is 0 Å². The summed E-state index contributed by atoms with van der Waals surface area (Å²) in [5, 5.41) is 6.31. The van der Waals surface area contributed by atoms with Crippen molar-refractivity contribution in [2.75, 3.05) is 0 Å². The van der Waals surface area contributed by atoms with Gasteiger partial charge in [0.2, 0.25) is 11.7 Å². The fraction of sp³-hybridized carbons (Fsp3) is 0.353. The number of hydrogen-bond acceptors (Lipinski definition) is 5. The molecule has 1 saturated carbocycles. The van der Waals surface area contributed by atoms with Gasteiger partial charge in [-0.05, 0) is 30.7 Å². The second-order valence-electron chi connectivity index (χ2n) is 5.96. The molecule has 2 atom stereocenters. The predicted octanol–water partition coefficient (Wildman–Crippen LogP) is 3.27. The molecule has 1 aliphatic carbocycles. The summed E-state index contributed by atoms with van der Waals surface area (Å²) in [5.74, 6) is 1.53. The van der Waals surface area contributed by atoms with Crippen LogP contribution in [0.4, 0.5) is 0 Å². The monoisotopic (exact) mass is 294 g/mol. The van der Waals surface area contributed by atoms with Gasteiger partial charge in [-0.1, -0.05) is 35.8 Å². The Morgan fingerprint density at radius 1 is 1.14 bits per heavy atom. The van der Waals surface area contributed by atoms with Crippen molar-refractivity contribution in [1.29, 1.82) is 0 Å². The number of nitrogens with two attached hydrogens (primary N) is 1. The van der Waals surface area contributed by atoms with Crippen molar-refractivity contribution in [1.82, 2.24) is 15.1 Å². The van der Waals surface area contributed by atoms with Gasteiger partial charge in [-0.25, -0.2) is 0 Å². The first-order valence-electron chi connectivity index (χ1n) is 7.74. The van der Waals surface area contributed by atoms with Crippen molar-refractivity contribution in [2.24, 2.45) is 5.73 Å².